The number of hydrogen-bond acceptors (Lipinski definition) is 3. The third-order valence-electron chi connectivity index (χ3n) is 5.42. The first-order chi connectivity index (χ1) is 12.2. The lowest BCUT2D eigenvalue weighted by molar-refractivity contribution is 0.00578. The summed E-state index contributed by atoms with van der Waals surface area (Å²) < 4.78 is 17.4. The summed E-state index contributed by atoms with van der Waals surface area (Å²) in [5.41, 5.74) is 3.82. The minimum absolute atomic E-state index is 0.320. The third kappa shape index (κ3) is 3.72. The molecule has 0 radical (unpaired) electrons. The fraction of sp³-hybridized carbons (Fsp3) is 0.364. The van der Waals surface area contributed by atoms with E-state index in [0.717, 1.165) is 28.8 Å². The summed E-state index contributed by atoms with van der Waals surface area (Å²) in [6, 6.07) is 16.4. The van der Waals surface area contributed by atoms with E-state index in [0.29, 0.717) is 0 Å². The highest BCUT2D eigenvalue weighted by molar-refractivity contribution is 6.62. The summed E-state index contributed by atoms with van der Waals surface area (Å²) in [5, 5.41) is 0. The van der Waals surface area contributed by atoms with Crippen LogP contribution in [0.2, 0.25) is 0 Å². The molecule has 0 N–H and O–H groups in total. The van der Waals surface area contributed by atoms with Gasteiger partial charge in [-0.2, -0.15) is 0 Å². The summed E-state index contributed by atoms with van der Waals surface area (Å²) in [6.45, 7) is 12.5. The summed E-state index contributed by atoms with van der Waals surface area (Å²) in [4.78, 5) is 0. The van der Waals surface area contributed by atoms with Gasteiger partial charge in [-0.05, 0) is 68.4 Å². The van der Waals surface area contributed by atoms with Gasteiger partial charge in [0.25, 0.3) is 0 Å². The van der Waals surface area contributed by atoms with Crippen molar-refractivity contribution in [2.24, 2.45) is 0 Å². The molecule has 4 heteroatoms. The Balaban J connectivity index is 1.67. The number of ether oxygens (including phenoxy) is 1. The Morgan fingerprint density at radius 3 is 1.96 bits per heavy atom. The van der Waals surface area contributed by atoms with E-state index in [1.807, 2.05) is 24.3 Å². The quantitative estimate of drug-likeness (QED) is 0.755. The van der Waals surface area contributed by atoms with Gasteiger partial charge in [-0.25, -0.2) is 0 Å². The van der Waals surface area contributed by atoms with Crippen molar-refractivity contribution < 1.29 is 14.0 Å². The van der Waals surface area contributed by atoms with Gasteiger partial charge >= 0.3 is 7.12 Å². The average molecular weight is 350 g/mol. The fourth-order valence-corrected chi connectivity index (χ4v) is 2.95. The molecule has 2 aromatic rings. The molecule has 1 fully saturated rings. The van der Waals surface area contributed by atoms with Crippen LogP contribution in [0.4, 0.5) is 0 Å². The highest BCUT2D eigenvalue weighted by atomic mass is 16.7. The normalized spacial score (nSPS) is 18.0. The predicted octanol–water partition coefficient (Wildman–Crippen LogP) is 4.25. The Labute approximate surface area is 157 Å². The van der Waals surface area contributed by atoms with Crippen LogP contribution < -0.4 is 10.2 Å². The third-order valence-corrected chi connectivity index (χ3v) is 5.42. The summed E-state index contributed by atoms with van der Waals surface area (Å²) in [5.74, 6) is 0.855. The van der Waals surface area contributed by atoms with E-state index in [2.05, 4.69) is 58.5 Å². The zero-order valence-electron chi connectivity index (χ0n) is 16.3. The van der Waals surface area contributed by atoms with E-state index >= 15 is 0 Å². The second kappa shape index (κ2) is 6.94. The molecule has 0 atom stereocenters. The van der Waals surface area contributed by atoms with E-state index in [-0.39, 0.29) is 18.3 Å². The van der Waals surface area contributed by atoms with Crippen LogP contribution in [0, 0.1) is 0 Å². The van der Waals surface area contributed by atoms with Gasteiger partial charge in [-0.1, -0.05) is 43.0 Å². The maximum atomic E-state index is 6.11. The smallest absolute Gasteiger partial charge is 0.494 e. The second-order valence-corrected chi connectivity index (χ2v) is 7.84. The van der Waals surface area contributed by atoms with Gasteiger partial charge < -0.3 is 14.0 Å². The molecule has 136 valence electrons. The molecule has 0 aromatic heterocycles. The molecule has 0 amide bonds. The van der Waals surface area contributed by atoms with Gasteiger partial charge in [-0.15, -0.1) is 0 Å². The van der Waals surface area contributed by atoms with E-state index in [1.54, 1.807) is 7.11 Å². The molecule has 3 nitrogen and oxygen atoms in total. The Hall–Kier alpha value is -2.04. The lowest BCUT2D eigenvalue weighted by atomic mass is 9.78. The molecule has 2 aromatic carbocycles. The maximum Gasteiger partial charge on any atom is 0.494 e. The SMILES string of the molecule is C=C(Cc1ccc(B2OC(C)(C)C(C)(C)O2)cc1)c1ccc(OC)cc1. The molecule has 26 heavy (non-hydrogen) atoms. The van der Waals surface area contributed by atoms with E-state index in [1.165, 1.54) is 5.56 Å². The van der Waals surface area contributed by atoms with Crippen LogP contribution in [-0.4, -0.2) is 25.4 Å². The number of allylic oxidation sites excluding steroid dienone is 1. The van der Waals surface area contributed by atoms with Crippen molar-refractivity contribution in [1.29, 1.82) is 0 Å². The predicted molar refractivity (Wildman–Crippen MR) is 108 cm³/mol. The highest BCUT2D eigenvalue weighted by Gasteiger charge is 2.51. The molecule has 1 aliphatic heterocycles. The van der Waals surface area contributed by atoms with Crippen LogP contribution in [0.25, 0.3) is 5.57 Å². The van der Waals surface area contributed by atoms with Crippen LogP contribution in [0.5, 0.6) is 5.75 Å². The maximum absolute atomic E-state index is 6.11. The second-order valence-electron chi connectivity index (χ2n) is 7.84. The number of rotatable bonds is 5. The van der Waals surface area contributed by atoms with Crippen LogP contribution in [-0.2, 0) is 15.7 Å². The van der Waals surface area contributed by atoms with Crippen molar-refractivity contribution >= 4 is 18.2 Å². The Morgan fingerprint density at radius 1 is 0.923 bits per heavy atom. The van der Waals surface area contributed by atoms with E-state index < -0.39 is 0 Å². The minimum Gasteiger partial charge on any atom is -0.497 e. The molecular formula is C22H27BO3. The average Bonchev–Trinajstić information content (AvgIpc) is 2.83. The van der Waals surface area contributed by atoms with Crippen molar-refractivity contribution in [2.45, 2.75) is 45.3 Å². The first-order valence-electron chi connectivity index (χ1n) is 8.98. The van der Waals surface area contributed by atoms with Gasteiger partial charge in [0.15, 0.2) is 0 Å². The molecule has 0 spiro atoms. The molecule has 1 aliphatic rings. The van der Waals surface area contributed by atoms with Crippen LogP contribution in [0.15, 0.2) is 55.1 Å². The van der Waals surface area contributed by atoms with Crippen LogP contribution in [0.3, 0.4) is 0 Å². The molecular weight excluding hydrogens is 323 g/mol. The Morgan fingerprint density at radius 2 is 1.46 bits per heavy atom. The van der Waals surface area contributed by atoms with Gasteiger partial charge in [0, 0.05) is 0 Å². The standard InChI is InChI=1S/C22H27BO3/c1-16(18-9-13-20(24-6)14-10-18)15-17-7-11-19(12-8-17)23-25-21(2,3)22(4,5)26-23/h7-14H,1,15H2,2-6H3. The minimum atomic E-state index is -0.321. The monoisotopic (exact) mass is 350 g/mol. The van der Waals surface area contributed by atoms with E-state index in [4.69, 9.17) is 14.0 Å². The fourth-order valence-electron chi connectivity index (χ4n) is 2.95. The molecule has 0 unspecified atom stereocenters. The van der Waals surface area contributed by atoms with Gasteiger partial charge in [-0.3, -0.25) is 0 Å². The van der Waals surface area contributed by atoms with Gasteiger partial charge in [0.05, 0.1) is 18.3 Å². The first kappa shape index (κ1) is 18.7. The van der Waals surface area contributed by atoms with Crippen molar-refractivity contribution in [3.63, 3.8) is 0 Å². The summed E-state index contributed by atoms with van der Waals surface area (Å²) >= 11 is 0. The van der Waals surface area contributed by atoms with Crippen LogP contribution >= 0.6 is 0 Å². The summed E-state index contributed by atoms with van der Waals surface area (Å²) in [6.07, 6.45) is 0.802. The molecule has 0 aliphatic carbocycles. The molecule has 1 heterocycles. The zero-order valence-corrected chi connectivity index (χ0v) is 16.3. The van der Waals surface area contributed by atoms with Crippen molar-refractivity contribution in [1.82, 2.24) is 0 Å². The molecule has 1 saturated heterocycles. The van der Waals surface area contributed by atoms with E-state index in [9.17, 15) is 0 Å². The lowest BCUT2D eigenvalue weighted by Crippen LogP contribution is -2.41. The Kier molecular flexibility index (Phi) is 5.00. The Bertz CT molecular complexity index is 760. The topological polar surface area (TPSA) is 27.7 Å². The van der Waals surface area contributed by atoms with Crippen molar-refractivity contribution in [3.05, 3.63) is 66.2 Å². The van der Waals surface area contributed by atoms with Gasteiger partial charge in [0.1, 0.15) is 5.75 Å². The lowest BCUT2D eigenvalue weighted by Gasteiger charge is -2.32. The van der Waals surface area contributed by atoms with Crippen LogP contribution in [0.1, 0.15) is 38.8 Å². The number of methoxy groups -OCH3 is 1. The summed E-state index contributed by atoms with van der Waals surface area (Å²) in [7, 11) is 1.35. The highest BCUT2D eigenvalue weighted by Crippen LogP contribution is 2.36. The van der Waals surface area contributed by atoms with Crippen molar-refractivity contribution in [2.75, 3.05) is 7.11 Å². The number of benzene rings is 2. The van der Waals surface area contributed by atoms with Gasteiger partial charge in [0.2, 0.25) is 0 Å². The zero-order chi connectivity index (χ0) is 18.9. The molecule has 3 rings (SSSR count). The molecule has 0 bridgehead atoms. The first-order valence-corrected chi connectivity index (χ1v) is 8.98. The number of hydrogen-bond donors (Lipinski definition) is 0. The largest absolute Gasteiger partial charge is 0.497 e. The van der Waals surface area contributed by atoms with Crippen molar-refractivity contribution in [3.8, 4) is 5.75 Å². The molecule has 0 saturated carbocycles.